The Balaban J connectivity index is 1.47. The van der Waals surface area contributed by atoms with Gasteiger partial charge in [-0.05, 0) is 109 Å². The second kappa shape index (κ2) is 5.85. The van der Waals surface area contributed by atoms with E-state index in [1.165, 1.54) is 60.8 Å². The zero-order valence-electron chi connectivity index (χ0n) is 16.0. The lowest BCUT2D eigenvalue weighted by atomic mass is 9.47. The lowest BCUT2D eigenvalue weighted by Gasteiger charge is -2.58. The van der Waals surface area contributed by atoms with E-state index in [-0.39, 0.29) is 16.6 Å². The second-order valence-corrected chi connectivity index (χ2v) is 10.8. The molecule has 0 aromatic carbocycles. The molecule has 5 rings (SSSR count). The van der Waals surface area contributed by atoms with E-state index in [2.05, 4.69) is 19.9 Å². The largest absolute Gasteiger partial charge is 0.393 e. The Morgan fingerprint density at radius 2 is 1.88 bits per heavy atom. The lowest BCUT2D eigenvalue weighted by molar-refractivity contribution is -0.106. The number of aliphatic hydroxyl groups excluding tert-OH is 1. The van der Waals surface area contributed by atoms with Gasteiger partial charge in [-0.3, -0.25) is 4.79 Å². The van der Waals surface area contributed by atoms with Crippen molar-refractivity contribution < 1.29 is 9.90 Å². The van der Waals surface area contributed by atoms with Gasteiger partial charge in [0.15, 0.2) is 0 Å². The molecule has 1 N–H and O–H groups in total. The smallest absolute Gasteiger partial charge is 0.216 e. The van der Waals surface area contributed by atoms with Gasteiger partial charge in [-0.15, -0.1) is 0 Å². The van der Waals surface area contributed by atoms with Crippen molar-refractivity contribution in [3.05, 3.63) is 34.3 Å². The molecular formula is C23H30O2S. The van der Waals surface area contributed by atoms with Gasteiger partial charge in [0.05, 0.1) is 6.10 Å². The Kier molecular flexibility index (Phi) is 3.89. The second-order valence-electron chi connectivity index (χ2n) is 9.78. The normalized spacial score (nSPS) is 50.3. The van der Waals surface area contributed by atoms with E-state index in [9.17, 15) is 9.90 Å². The maximum Gasteiger partial charge on any atom is 0.216 e. The van der Waals surface area contributed by atoms with E-state index in [0.717, 1.165) is 30.6 Å². The first kappa shape index (κ1) is 17.3. The van der Waals surface area contributed by atoms with Crippen molar-refractivity contribution in [1.29, 1.82) is 0 Å². The predicted octanol–water partition coefficient (Wildman–Crippen LogP) is 5.39. The molecule has 3 saturated carbocycles. The molecule has 0 bridgehead atoms. The van der Waals surface area contributed by atoms with Crippen LogP contribution in [0, 0.1) is 28.6 Å². The molecule has 3 fully saturated rings. The number of rotatable bonds is 0. The zero-order valence-corrected chi connectivity index (χ0v) is 16.8. The zero-order chi connectivity index (χ0) is 18.1. The Bertz CT molecular complexity index is 747. The van der Waals surface area contributed by atoms with Crippen molar-refractivity contribution in [3.8, 4) is 0 Å². The minimum absolute atomic E-state index is 0.0791. The standard InChI is InChI=1S/C23H30O2S/c1-22-11-9-14(19-6-8-21(25)26-19)13-15(22)3-4-16-17-5-7-20(24)23(17,2)12-10-18(16)22/h6,8,13,16-18,20,24H,3-5,7,9-12H2,1-2H3/b19-14+. The lowest BCUT2D eigenvalue weighted by Crippen LogP contribution is -2.50. The van der Waals surface area contributed by atoms with Crippen LogP contribution in [0.15, 0.2) is 34.3 Å². The molecule has 6 atom stereocenters. The molecule has 26 heavy (non-hydrogen) atoms. The minimum atomic E-state index is -0.0791. The van der Waals surface area contributed by atoms with E-state index in [1.54, 1.807) is 11.6 Å². The quantitative estimate of drug-likeness (QED) is 0.621. The van der Waals surface area contributed by atoms with Crippen molar-refractivity contribution >= 4 is 16.9 Å². The van der Waals surface area contributed by atoms with E-state index < -0.39 is 0 Å². The van der Waals surface area contributed by atoms with Crippen molar-refractivity contribution in [2.75, 3.05) is 0 Å². The van der Waals surface area contributed by atoms with Crippen LogP contribution in [0.3, 0.4) is 0 Å². The summed E-state index contributed by atoms with van der Waals surface area (Å²) < 4.78 is 0. The molecule has 0 radical (unpaired) electrons. The molecule has 3 heteroatoms. The molecule has 4 aliphatic carbocycles. The van der Waals surface area contributed by atoms with Crippen LogP contribution in [-0.2, 0) is 4.79 Å². The van der Waals surface area contributed by atoms with Gasteiger partial charge < -0.3 is 5.11 Å². The number of allylic oxidation sites excluding steroid dienone is 4. The first-order chi connectivity index (χ1) is 12.4. The maximum atomic E-state index is 11.6. The van der Waals surface area contributed by atoms with Crippen molar-refractivity contribution in [1.82, 2.24) is 0 Å². The molecule has 0 saturated heterocycles. The molecule has 5 aliphatic rings. The molecule has 0 aromatic rings. The monoisotopic (exact) mass is 370 g/mol. The first-order valence-corrected chi connectivity index (χ1v) is 11.3. The number of fused-ring (bicyclic) bond motifs is 5. The number of thioether (sulfide) groups is 1. The molecule has 1 aliphatic heterocycles. The summed E-state index contributed by atoms with van der Waals surface area (Å²) in [5, 5.41) is 10.8. The molecule has 0 spiro atoms. The number of carbonyl (C=O) groups is 1. The number of hydrogen-bond acceptors (Lipinski definition) is 3. The number of carbonyl (C=O) groups excluding carboxylic acids is 1. The highest BCUT2D eigenvalue weighted by Crippen LogP contribution is 2.65. The molecule has 0 aromatic heterocycles. The summed E-state index contributed by atoms with van der Waals surface area (Å²) in [6.45, 7) is 4.89. The third-order valence-electron chi connectivity index (χ3n) is 8.85. The van der Waals surface area contributed by atoms with Gasteiger partial charge >= 0.3 is 0 Å². The Labute approximate surface area is 161 Å². The summed E-state index contributed by atoms with van der Waals surface area (Å²) in [6.07, 6.45) is 15.7. The fraction of sp³-hybridized carbons (Fsp3) is 0.696. The SMILES string of the molecule is CC12CC/C(=C3/C=CC(=O)S3)C=C1CCC1C2CCC2(C)C(O)CCC12. The summed E-state index contributed by atoms with van der Waals surface area (Å²) in [7, 11) is 0. The topological polar surface area (TPSA) is 37.3 Å². The van der Waals surface area contributed by atoms with Gasteiger partial charge in [-0.25, -0.2) is 0 Å². The highest BCUT2D eigenvalue weighted by Gasteiger charge is 2.58. The van der Waals surface area contributed by atoms with Crippen molar-refractivity contribution in [2.45, 2.75) is 71.3 Å². The van der Waals surface area contributed by atoms with Gasteiger partial charge in [0.25, 0.3) is 0 Å². The van der Waals surface area contributed by atoms with E-state index in [1.807, 2.05) is 6.08 Å². The van der Waals surface area contributed by atoms with Gasteiger partial charge in [0.2, 0.25) is 5.12 Å². The van der Waals surface area contributed by atoms with Crippen LogP contribution in [0.2, 0.25) is 0 Å². The highest BCUT2D eigenvalue weighted by atomic mass is 32.2. The molecular weight excluding hydrogens is 340 g/mol. The van der Waals surface area contributed by atoms with Crippen molar-refractivity contribution in [3.63, 3.8) is 0 Å². The third kappa shape index (κ3) is 2.32. The number of aliphatic hydroxyl groups is 1. The molecule has 1 heterocycles. The summed E-state index contributed by atoms with van der Waals surface area (Å²) in [5.41, 5.74) is 3.54. The van der Waals surface area contributed by atoms with E-state index >= 15 is 0 Å². The number of hydrogen-bond donors (Lipinski definition) is 1. The summed E-state index contributed by atoms with van der Waals surface area (Å²) >= 11 is 1.40. The average molecular weight is 371 g/mol. The van der Waals surface area contributed by atoms with Gasteiger partial charge in [0.1, 0.15) is 0 Å². The average Bonchev–Trinajstić information content (AvgIpc) is 3.18. The minimum Gasteiger partial charge on any atom is -0.393 e. The maximum absolute atomic E-state index is 11.6. The molecule has 2 nitrogen and oxygen atoms in total. The molecule has 0 amide bonds. The van der Waals surface area contributed by atoms with Crippen molar-refractivity contribution in [2.24, 2.45) is 28.6 Å². The Morgan fingerprint density at radius 3 is 2.65 bits per heavy atom. The predicted molar refractivity (Wildman–Crippen MR) is 106 cm³/mol. The first-order valence-electron chi connectivity index (χ1n) is 10.4. The van der Waals surface area contributed by atoms with Crippen LogP contribution in [0.5, 0.6) is 0 Å². The molecule has 140 valence electrons. The van der Waals surface area contributed by atoms with Crippen LogP contribution in [-0.4, -0.2) is 16.3 Å². The van der Waals surface area contributed by atoms with Gasteiger partial charge in [-0.2, -0.15) is 0 Å². The Morgan fingerprint density at radius 1 is 1.04 bits per heavy atom. The molecule has 6 unspecified atom stereocenters. The van der Waals surface area contributed by atoms with Crippen LogP contribution >= 0.6 is 11.8 Å². The Hall–Kier alpha value is -0.800. The van der Waals surface area contributed by atoms with Crippen LogP contribution in [0.1, 0.15) is 65.2 Å². The van der Waals surface area contributed by atoms with E-state index in [4.69, 9.17) is 0 Å². The van der Waals surface area contributed by atoms with Gasteiger partial charge in [-0.1, -0.05) is 25.5 Å². The van der Waals surface area contributed by atoms with Crippen LogP contribution in [0.4, 0.5) is 0 Å². The van der Waals surface area contributed by atoms with Gasteiger partial charge in [0, 0.05) is 4.91 Å². The summed E-state index contributed by atoms with van der Waals surface area (Å²) in [5.74, 6) is 2.30. The summed E-state index contributed by atoms with van der Waals surface area (Å²) in [6, 6.07) is 0. The third-order valence-corrected chi connectivity index (χ3v) is 9.80. The fourth-order valence-electron chi connectivity index (χ4n) is 7.25. The van der Waals surface area contributed by atoms with Crippen LogP contribution < -0.4 is 0 Å². The van der Waals surface area contributed by atoms with Crippen LogP contribution in [0.25, 0.3) is 0 Å². The fourth-order valence-corrected chi connectivity index (χ4v) is 8.03. The highest BCUT2D eigenvalue weighted by molar-refractivity contribution is 8.17. The van der Waals surface area contributed by atoms with E-state index in [0.29, 0.717) is 5.41 Å². The summed E-state index contributed by atoms with van der Waals surface area (Å²) in [4.78, 5) is 12.8.